The number of nitrogens with zero attached hydrogens (tertiary/aromatic N) is 3. The number of fused-ring (bicyclic) bond motifs is 1. The number of anilines is 1. The van der Waals surface area contributed by atoms with Gasteiger partial charge in [0.05, 0.1) is 11.3 Å². The van der Waals surface area contributed by atoms with Crippen LogP contribution in [0.1, 0.15) is 44.9 Å². The second kappa shape index (κ2) is 7.80. The number of rotatable bonds is 4. The largest absolute Gasteiger partial charge is 0.361 e. The Labute approximate surface area is 169 Å². The maximum absolute atomic E-state index is 13.4. The molecule has 28 heavy (non-hydrogen) atoms. The summed E-state index contributed by atoms with van der Waals surface area (Å²) in [4.78, 5) is 19.8. The quantitative estimate of drug-likeness (QED) is 0.591. The van der Waals surface area contributed by atoms with Gasteiger partial charge in [-0.2, -0.15) is 0 Å². The van der Waals surface area contributed by atoms with E-state index in [4.69, 9.17) is 4.52 Å². The molecule has 0 aliphatic carbocycles. The van der Waals surface area contributed by atoms with Crippen molar-refractivity contribution in [3.8, 4) is 0 Å². The van der Waals surface area contributed by atoms with Crippen molar-refractivity contribution >= 4 is 23.4 Å². The summed E-state index contributed by atoms with van der Waals surface area (Å²) < 4.78 is 5.25. The molecule has 3 aromatic rings. The lowest BCUT2D eigenvalue weighted by molar-refractivity contribution is 0.0981. The van der Waals surface area contributed by atoms with Crippen molar-refractivity contribution in [3.05, 3.63) is 70.2 Å². The Bertz CT molecular complexity index is 1010. The second-order valence-electron chi connectivity index (χ2n) is 7.14. The molecule has 144 valence electrons. The molecule has 3 heterocycles. The summed E-state index contributed by atoms with van der Waals surface area (Å²) in [7, 11) is 0. The number of aromatic nitrogens is 2. The molecule has 0 bridgehead atoms. The van der Waals surface area contributed by atoms with Crippen LogP contribution in [0.25, 0.3) is 0 Å². The van der Waals surface area contributed by atoms with Gasteiger partial charge in [-0.15, -0.1) is 11.8 Å². The zero-order valence-electron chi connectivity index (χ0n) is 16.4. The highest BCUT2D eigenvalue weighted by molar-refractivity contribution is 7.98. The van der Waals surface area contributed by atoms with Crippen LogP contribution in [0.4, 0.5) is 5.69 Å². The Kier molecular flexibility index (Phi) is 5.22. The number of amides is 1. The zero-order chi connectivity index (χ0) is 19.7. The number of carbonyl (C=O) groups is 1. The van der Waals surface area contributed by atoms with Gasteiger partial charge in [-0.25, -0.2) is 4.98 Å². The van der Waals surface area contributed by atoms with E-state index in [0.29, 0.717) is 11.3 Å². The van der Waals surface area contributed by atoms with E-state index in [0.717, 1.165) is 47.1 Å². The number of hydrogen-bond acceptors (Lipinski definition) is 5. The van der Waals surface area contributed by atoms with Crippen LogP contribution >= 0.6 is 11.8 Å². The predicted octanol–water partition coefficient (Wildman–Crippen LogP) is 4.88. The molecule has 0 saturated heterocycles. The summed E-state index contributed by atoms with van der Waals surface area (Å²) in [6, 6.07) is 10.0. The third kappa shape index (κ3) is 3.56. The van der Waals surface area contributed by atoms with Crippen molar-refractivity contribution in [2.45, 2.75) is 44.4 Å². The molecule has 0 radical (unpaired) electrons. The Balaban J connectivity index is 1.61. The van der Waals surface area contributed by atoms with Gasteiger partial charge in [0.2, 0.25) is 0 Å². The summed E-state index contributed by atoms with van der Waals surface area (Å²) in [5.41, 5.74) is 6.08. The van der Waals surface area contributed by atoms with Gasteiger partial charge in [-0.3, -0.25) is 4.79 Å². The van der Waals surface area contributed by atoms with Crippen LogP contribution in [-0.4, -0.2) is 22.6 Å². The Hall–Kier alpha value is -2.60. The molecular formula is C22H23N3O2S. The molecule has 1 aliphatic heterocycles. The lowest BCUT2D eigenvalue weighted by Gasteiger charge is -2.30. The second-order valence-corrected chi connectivity index (χ2v) is 8.10. The van der Waals surface area contributed by atoms with E-state index >= 15 is 0 Å². The maximum atomic E-state index is 13.4. The summed E-state index contributed by atoms with van der Waals surface area (Å²) in [5.74, 6) is 1.50. The Morgan fingerprint density at radius 2 is 2.11 bits per heavy atom. The fourth-order valence-corrected chi connectivity index (χ4v) is 4.74. The van der Waals surface area contributed by atoms with Gasteiger partial charge in [0.25, 0.3) is 5.91 Å². The number of carbonyl (C=O) groups excluding carboxylic acids is 1. The molecule has 0 fully saturated rings. The van der Waals surface area contributed by atoms with Crippen LogP contribution in [0.15, 0.2) is 46.1 Å². The van der Waals surface area contributed by atoms with Gasteiger partial charge in [0.15, 0.2) is 0 Å². The van der Waals surface area contributed by atoms with E-state index in [-0.39, 0.29) is 5.91 Å². The fourth-order valence-electron chi connectivity index (χ4n) is 3.60. The van der Waals surface area contributed by atoms with Crippen molar-refractivity contribution in [1.82, 2.24) is 10.1 Å². The highest BCUT2D eigenvalue weighted by Gasteiger charge is 2.26. The van der Waals surface area contributed by atoms with Crippen molar-refractivity contribution in [2.75, 3.05) is 11.4 Å². The van der Waals surface area contributed by atoms with Crippen LogP contribution in [0.2, 0.25) is 0 Å². The average molecular weight is 394 g/mol. The van der Waals surface area contributed by atoms with Crippen molar-refractivity contribution in [3.63, 3.8) is 0 Å². The SMILES string of the molecule is Cc1ccc2c(c1)CCCN2C(=O)c1cccnc1SCc1c(C)noc1C. The minimum absolute atomic E-state index is 0.0131. The average Bonchev–Trinajstić information content (AvgIpc) is 3.03. The molecule has 5 nitrogen and oxygen atoms in total. The summed E-state index contributed by atoms with van der Waals surface area (Å²) in [6.07, 6.45) is 3.73. The first-order chi connectivity index (χ1) is 13.5. The van der Waals surface area contributed by atoms with E-state index in [2.05, 4.69) is 35.3 Å². The van der Waals surface area contributed by atoms with Crippen LogP contribution in [0, 0.1) is 20.8 Å². The minimum atomic E-state index is 0.0131. The van der Waals surface area contributed by atoms with Gasteiger partial charge in [-0.1, -0.05) is 22.9 Å². The predicted molar refractivity (Wildman–Crippen MR) is 111 cm³/mol. The van der Waals surface area contributed by atoms with Crippen molar-refractivity contribution in [2.24, 2.45) is 0 Å². The van der Waals surface area contributed by atoms with Gasteiger partial charge in [0, 0.05) is 29.7 Å². The minimum Gasteiger partial charge on any atom is -0.361 e. The first kappa shape index (κ1) is 18.7. The molecule has 0 spiro atoms. The summed E-state index contributed by atoms with van der Waals surface area (Å²) in [6.45, 7) is 6.67. The van der Waals surface area contributed by atoms with Crippen LogP contribution < -0.4 is 4.90 Å². The normalized spacial score (nSPS) is 13.5. The van der Waals surface area contributed by atoms with E-state index in [1.165, 1.54) is 11.1 Å². The number of benzene rings is 1. The van der Waals surface area contributed by atoms with Gasteiger partial charge < -0.3 is 9.42 Å². The Morgan fingerprint density at radius 1 is 1.25 bits per heavy atom. The third-order valence-corrected chi connectivity index (χ3v) is 6.17. The molecule has 1 aliphatic rings. The molecule has 0 atom stereocenters. The van der Waals surface area contributed by atoms with Gasteiger partial charge in [0.1, 0.15) is 10.8 Å². The lowest BCUT2D eigenvalue weighted by atomic mass is 9.99. The fraction of sp³-hybridized carbons (Fsp3) is 0.318. The summed E-state index contributed by atoms with van der Waals surface area (Å²) in [5, 5.41) is 4.75. The standard InChI is InChI=1S/C22H23N3O2S/c1-14-8-9-20-17(12-14)6-5-11-25(20)22(26)18-7-4-10-23-21(18)28-13-19-15(2)24-27-16(19)3/h4,7-10,12H,5-6,11,13H2,1-3H3. The third-order valence-electron chi connectivity index (χ3n) is 5.13. The number of pyridine rings is 1. The maximum Gasteiger partial charge on any atom is 0.261 e. The van der Waals surface area contributed by atoms with Crippen LogP contribution in [-0.2, 0) is 12.2 Å². The topological polar surface area (TPSA) is 59.2 Å². The molecule has 0 unspecified atom stereocenters. The van der Waals surface area contributed by atoms with Crippen LogP contribution in [0.5, 0.6) is 0 Å². The number of aryl methyl sites for hydroxylation is 4. The van der Waals surface area contributed by atoms with E-state index in [1.54, 1.807) is 18.0 Å². The van der Waals surface area contributed by atoms with Gasteiger partial charge >= 0.3 is 0 Å². The lowest BCUT2D eigenvalue weighted by Crippen LogP contribution is -2.35. The van der Waals surface area contributed by atoms with Crippen molar-refractivity contribution in [1.29, 1.82) is 0 Å². The highest BCUT2D eigenvalue weighted by atomic mass is 32.2. The first-order valence-corrected chi connectivity index (χ1v) is 10.4. The molecule has 2 aromatic heterocycles. The first-order valence-electron chi connectivity index (χ1n) is 9.45. The van der Waals surface area contributed by atoms with Gasteiger partial charge in [-0.05, 0) is 57.4 Å². The molecule has 6 heteroatoms. The number of thioether (sulfide) groups is 1. The number of hydrogen-bond donors (Lipinski definition) is 0. The van der Waals surface area contributed by atoms with E-state index < -0.39 is 0 Å². The molecule has 0 saturated carbocycles. The smallest absolute Gasteiger partial charge is 0.261 e. The molecule has 1 aromatic carbocycles. The summed E-state index contributed by atoms with van der Waals surface area (Å²) >= 11 is 1.55. The van der Waals surface area contributed by atoms with Crippen LogP contribution in [0.3, 0.4) is 0 Å². The van der Waals surface area contributed by atoms with E-state index in [9.17, 15) is 4.79 Å². The Morgan fingerprint density at radius 3 is 2.89 bits per heavy atom. The molecule has 1 amide bonds. The van der Waals surface area contributed by atoms with Crippen molar-refractivity contribution < 1.29 is 9.32 Å². The highest BCUT2D eigenvalue weighted by Crippen LogP contribution is 2.32. The monoisotopic (exact) mass is 393 g/mol. The van der Waals surface area contributed by atoms with E-state index in [1.807, 2.05) is 30.9 Å². The zero-order valence-corrected chi connectivity index (χ0v) is 17.2. The molecular weight excluding hydrogens is 370 g/mol. The molecule has 4 rings (SSSR count). The molecule has 0 N–H and O–H groups in total.